The highest BCUT2D eigenvalue weighted by Crippen LogP contribution is 2.43. The van der Waals surface area contributed by atoms with E-state index in [9.17, 15) is 4.79 Å². The minimum atomic E-state index is -0.277. The van der Waals surface area contributed by atoms with E-state index >= 15 is 0 Å². The molecular weight excluding hydrogens is 404 g/mol. The van der Waals surface area contributed by atoms with Crippen LogP contribution in [0.3, 0.4) is 0 Å². The Kier molecular flexibility index (Phi) is 5.23. The van der Waals surface area contributed by atoms with Gasteiger partial charge in [0.2, 0.25) is 0 Å². The fourth-order valence-corrected chi connectivity index (χ4v) is 3.89. The number of tetrazole rings is 1. The Hall–Kier alpha value is -3.87. The van der Waals surface area contributed by atoms with Crippen LogP contribution >= 0.6 is 0 Å². The Morgan fingerprint density at radius 3 is 2.41 bits per heavy atom. The van der Waals surface area contributed by atoms with Crippen molar-refractivity contribution in [3.05, 3.63) is 88.3 Å². The van der Waals surface area contributed by atoms with Crippen molar-refractivity contribution in [2.45, 2.75) is 25.4 Å². The monoisotopic (exact) mass is 428 g/mol. The topological polar surface area (TPSA) is 71.2 Å². The highest BCUT2D eigenvalue weighted by atomic mass is 16.5. The molecule has 0 spiro atoms. The fraction of sp³-hybridized carbons (Fsp3) is 0.240. The van der Waals surface area contributed by atoms with Crippen molar-refractivity contribution < 1.29 is 9.47 Å². The number of hydrogen-bond donors (Lipinski definition) is 0. The maximum absolute atomic E-state index is 12.5. The summed E-state index contributed by atoms with van der Waals surface area (Å²) < 4.78 is 14.1. The van der Waals surface area contributed by atoms with Crippen molar-refractivity contribution in [1.82, 2.24) is 19.8 Å². The van der Waals surface area contributed by atoms with E-state index in [1.165, 1.54) is 14.9 Å². The first-order valence-electron chi connectivity index (χ1n) is 10.6. The zero-order valence-electron chi connectivity index (χ0n) is 18.1. The number of hydrogen-bond acceptors (Lipinski definition) is 5. The summed E-state index contributed by atoms with van der Waals surface area (Å²) in [5.74, 6) is 2.09. The summed E-state index contributed by atoms with van der Waals surface area (Å²) in [6.45, 7) is 0.344. The zero-order valence-corrected chi connectivity index (χ0v) is 18.1. The predicted molar refractivity (Wildman–Crippen MR) is 121 cm³/mol. The molecule has 1 aliphatic rings. The Labute approximate surface area is 185 Å². The molecule has 7 nitrogen and oxygen atoms in total. The number of nitrogens with zero attached hydrogens (tertiary/aromatic N) is 4. The van der Waals surface area contributed by atoms with E-state index in [4.69, 9.17) is 9.47 Å². The van der Waals surface area contributed by atoms with Crippen LogP contribution < -0.4 is 15.2 Å². The van der Waals surface area contributed by atoms with Gasteiger partial charge in [0.05, 0.1) is 12.8 Å². The van der Waals surface area contributed by atoms with E-state index in [1.54, 1.807) is 14.2 Å². The molecule has 0 amide bonds. The number of ether oxygens (including phenoxy) is 2. The maximum Gasteiger partial charge on any atom is 0.368 e. The summed E-state index contributed by atoms with van der Waals surface area (Å²) in [4.78, 5) is 12.5. The molecule has 1 aromatic heterocycles. The first-order valence-corrected chi connectivity index (χ1v) is 10.6. The van der Waals surface area contributed by atoms with Gasteiger partial charge in [-0.3, -0.25) is 0 Å². The van der Waals surface area contributed by atoms with Gasteiger partial charge in [0.15, 0.2) is 0 Å². The molecule has 0 N–H and O–H groups in total. The van der Waals surface area contributed by atoms with Crippen LogP contribution in [0.2, 0.25) is 0 Å². The molecule has 162 valence electrons. The third kappa shape index (κ3) is 3.89. The molecule has 1 aliphatic carbocycles. The van der Waals surface area contributed by atoms with Gasteiger partial charge in [-0.05, 0) is 76.2 Å². The molecule has 0 bridgehead atoms. The second-order valence-corrected chi connectivity index (χ2v) is 7.96. The highest BCUT2D eigenvalue weighted by molar-refractivity contribution is 5.65. The van der Waals surface area contributed by atoms with Crippen molar-refractivity contribution in [1.29, 1.82) is 0 Å². The molecule has 3 aromatic carbocycles. The predicted octanol–water partition coefficient (Wildman–Crippen LogP) is 4.10. The maximum atomic E-state index is 12.5. The van der Waals surface area contributed by atoms with E-state index in [0.717, 1.165) is 46.7 Å². The third-order valence-electron chi connectivity index (χ3n) is 5.80. The standard InChI is InChI=1S/C25H24N4O3/c1-28-25(30)29(27-26-28)24-8-4-7-22(18-9-10-18)23(24)16-32-21-6-3-5-19(15-21)17-11-13-20(31-2)14-12-17/h3-8,11-15,18H,9-10,16H2,1-2H3. The van der Waals surface area contributed by atoms with Crippen LogP contribution in [0.5, 0.6) is 11.5 Å². The molecule has 0 aliphatic heterocycles. The van der Waals surface area contributed by atoms with Gasteiger partial charge in [-0.2, -0.15) is 9.36 Å². The van der Waals surface area contributed by atoms with Crippen LogP contribution in [0.4, 0.5) is 0 Å². The van der Waals surface area contributed by atoms with E-state index in [-0.39, 0.29) is 5.69 Å². The van der Waals surface area contributed by atoms with Gasteiger partial charge in [0, 0.05) is 12.6 Å². The first kappa shape index (κ1) is 20.1. The average molecular weight is 428 g/mol. The Balaban J connectivity index is 1.45. The smallest absolute Gasteiger partial charge is 0.368 e. The molecule has 0 radical (unpaired) electrons. The molecule has 0 atom stereocenters. The summed E-state index contributed by atoms with van der Waals surface area (Å²) in [6, 6.07) is 21.9. The van der Waals surface area contributed by atoms with Gasteiger partial charge < -0.3 is 9.47 Å². The fourth-order valence-electron chi connectivity index (χ4n) is 3.89. The van der Waals surface area contributed by atoms with Gasteiger partial charge in [0.1, 0.15) is 18.1 Å². The van der Waals surface area contributed by atoms with Crippen LogP contribution in [-0.2, 0) is 13.7 Å². The van der Waals surface area contributed by atoms with Gasteiger partial charge in [-0.25, -0.2) is 4.79 Å². The van der Waals surface area contributed by atoms with Crippen molar-refractivity contribution in [2.24, 2.45) is 7.05 Å². The molecule has 1 fully saturated rings. The summed E-state index contributed by atoms with van der Waals surface area (Å²) in [6.07, 6.45) is 2.30. The summed E-state index contributed by atoms with van der Waals surface area (Å²) in [5, 5.41) is 7.91. The van der Waals surface area contributed by atoms with E-state index in [1.807, 2.05) is 54.6 Å². The lowest BCUT2D eigenvalue weighted by molar-refractivity contribution is 0.304. The van der Waals surface area contributed by atoms with Gasteiger partial charge in [-0.1, -0.05) is 36.4 Å². The molecule has 1 heterocycles. The van der Waals surface area contributed by atoms with Crippen molar-refractivity contribution >= 4 is 0 Å². The number of aromatic nitrogens is 4. The quantitative estimate of drug-likeness (QED) is 0.443. The second-order valence-electron chi connectivity index (χ2n) is 7.96. The van der Waals surface area contributed by atoms with Crippen LogP contribution in [0, 0.1) is 0 Å². The van der Waals surface area contributed by atoms with Gasteiger partial charge in [-0.15, -0.1) is 0 Å². The van der Waals surface area contributed by atoms with Gasteiger partial charge in [0.25, 0.3) is 0 Å². The highest BCUT2D eigenvalue weighted by Gasteiger charge is 2.28. The SMILES string of the molecule is COc1ccc(-c2cccc(OCc3c(C4CC4)cccc3-n3nnn(C)c3=O)c2)cc1. The summed E-state index contributed by atoms with van der Waals surface area (Å²) >= 11 is 0. The second kappa shape index (κ2) is 8.34. The van der Waals surface area contributed by atoms with E-state index < -0.39 is 0 Å². The van der Waals surface area contributed by atoms with E-state index in [2.05, 4.69) is 22.6 Å². The van der Waals surface area contributed by atoms with E-state index in [0.29, 0.717) is 12.5 Å². The number of aryl methyl sites for hydroxylation is 1. The van der Waals surface area contributed by atoms with Crippen molar-refractivity contribution in [3.8, 4) is 28.3 Å². The number of benzene rings is 3. The Morgan fingerprint density at radius 1 is 0.938 bits per heavy atom. The van der Waals surface area contributed by atoms with Crippen molar-refractivity contribution in [3.63, 3.8) is 0 Å². The molecule has 32 heavy (non-hydrogen) atoms. The molecule has 1 saturated carbocycles. The largest absolute Gasteiger partial charge is 0.497 e. The minimum absolute atomic E-state index is 0.277. The van der Waals surface area contributed by atoms with Crippen LogP contribution in [0.15, 0.2) is 71.5 Å². The van der Waals surface area contributed by atoms with Crippen molar-refractivity contribution in [2.75, 3.05) is 7.11 Å². The zero-order chi connectivity index (χ0) is 22.1. The molecule has 5 rings (SSSR count). The normalized spacial score (nSPS) is 13.2. The third-order valence-corrected chi connectivity index (χ3v) is 5.80. The Morgan fingerprint density at radius 2 is 1.72 bits per heavy atom. The lowest BCUT2D eigenvalue weighted by Crippen LogP contribution is -2.23. The molecule has 4 aromatic rings. The first-order chi connectivity index (χ1) is 15.6. The summed E-state index contributed by atoms with van der Waals surface area (Å²) in [5.41, 5.74) is 4.78. The lowest BCUT2D eigenvalue weighted by atomic mass is 10.0. The van der Waals surface area contributed by atoms with Crippen LogP contribution in [0.1, 0.15) is 29.9 Å². The van der Waals surface area contributed by atoms with Crippen LogP contribution in [-0.4, -0.2) is 26.9 Å². The molecule has 0 saturated heterocycles. The minimum Gasteiger partial charge on any atom is -0.497 e. The number of methoxy groups -OCH3 is 1. The summed E-state index contributed by atoms with van der Waals surface area (Å²) in [7, 11) is 3.25. The average Bonchev–Trinajstić information content (AvgIpc) is 3.63. The van der Waals surface area contributed by atoms with Gasteiger partial charge >= 0.3 is 5.69 Å². The molecule has 0 unspecified atom stereocenters. The Bertz CT molecular complexity index is 1300. The molecule has 7 heteroatoms. The lowest BCUT2D eigenvalue weighted by Gasteiger charge is -2.15. The van der Waals surface area contributed by atoms with Crippen LogP contribution in [0.25, 0.3) is 16.8 Å². The molecular formula is C25H24N4O3. The number of rotatable bonds is 7.